The van der Waals surface area contributed by atoms with Crippen molar-refractivity contribution >= 4 is 29.9 Å². The minimum atomic E-state index is 0. The van der Waals surface area contributed by atoms with Gasteiger partial charge in [0, 0.05) is 34.7 Å². The monoisotopic (exact) mass is 342 g/mol. The van der Waals surface area contributed by atoms with Crippen molar-refractivity contribution in [2.75, 3.05) is 54.4 Å². The molecule has 0 heterocycles. The summed E-state index contributed by atoms with van der Waals surface area (Å²) in [6, 6.07) is 0. The molecule has 5 heteroatoms. The van der Waals surface area contributed by atoms with Gasteiger partial charge < -0.3 is 14.7 Å². The third-order valence-electron chi connectivity index (χ3n) is 2.36. The quantitative estimate of drug-likeness (QED) is 0.429. The molecule has 0 fully saturated rings. The fraction of sp³-hybridized carbons (Fsp3) is 0.909. The van der Waals surface area contributed by atoms with Crippen LogP contribution in [0.3, 0.4) is 0 Å². The molecule has 0 aromatic carbocycles. The van der Waals surface area contributed by atoms with Crippen LogP contribution in [-0.4, -0.2) is 75.0 Å². The molecule has 0 aliphatic heterocycles. The van der Waals surface area contributed by atoms with Crippen molar-refractivity contribution < 1.29 is 0 Å². The highest BCUT2D eigenvalue weighted by atomic mass is 127. The van der Waals surface area contributed by atoms with Crippen LogP contribution in [0.15, 0.2) is 4.99 Å². The Hall–Kier alpha value is -0.0400. The van der Waals surface area contributed by atoms with Crippen LogP contribution in [0.2, 0.25) is 0 Å². The molecule has 0 unspecified atom stereocenters. The Morgan fingerprint density at radius 1 is 0.938 bits per heavy atom. The minimum Gasteiger partial charge on any atom is -0.349 e. The average Bonchev–Trinajstić information content (AvgIpc) is 2.17. The van der Waals surface area contributed by atoms with Crippen LogP contribution in [0, 0.1) is 0 Å². The molecule has 0 radical (unpaired) electrons. The zero-order valence-electron chi connectivity index (χ0n) is 11.5. The molecule has 0 saturated heterocycles. The van der Waals surface area contributed by atoms with E-state index >= 15 is 0 Å². The van der Waals surface area contributed by atoms with Crippen LogP contribution in [0.5, 0.6) is 0 Å². The maximum Gasteiger partial charge on any atom is 0.195 e. The normalized spacial score (nSPS) is 9.69. The van der Waals surface area contributed by atoms with Gasteiger partial charge in [-0.15, -0.1) is 24.0 Å². The second-order valence-electron chi connectivity index (χ2n) is 4.00. The summed E-state index contributed by atoms with van der Waals surface area (Å²) in [5.41, 5.74) is 0. The summed E-state index contributed by atoms with van der Waals surface area (Å²) in [5, 5.41) is 0. The van der Waals surface area contributed by atoms with Gasteiger partial charge in [-0.25, -0.2) is 0 Å². The summed E-state index contributed by atoms with van der Waals surface area (Å²) in [6.45, 7) is 8.49. The molecule has 0 bridgehead atoms. The summed E-state index contributed by atoms with van der Waals surface area (Å²) < 4.78 is 0. The van der Waals surface area contributed by atoms with E-state index in [0.29, 0.717) is 0 Å². The van der Waals surface area contributed by atoms with Crippen molar-refractivity contribution in [3.8, 4) is 0 Å². The number of guanidine groups is 1. The number of hydrogen-bond acceptors (Lipinski definition) is 2. The molecule has 0 aliphatic carbocycles. The van der Waals surface area contributed by atoms with Gasteiger partial charge in [0.25, 0.3) is 0 Å². The highest BCUT2D eigenvalue weighted by Crippen LogP contribution is 1.91. The van der Waals surface area contributed by atoms with Gasteiger partial charge in [0.2, 0.25) is 0 Å². The molecule has 0 aromatic rings. The summed E-state index contributed by atoms with van der Waals surface area (Å²) in [7, 11) is 8.10. The van der Waals surface area contributed by atoms with E-state index in [1.54, 1.807) is 0 Å². The third-order valence-corrected chi connectivity index (χ3v) is 2.36. The lowest BCUT2D eigenvalue weighted by atomic mass is 10.5. The van der Waals surface area contributed by atoms with Gasteiger partial charge in [0.05, 0.1) is 6.54 Å². The molecule has 0 amide bonds. The number of aliphatic imine (C=N–C) groups is 1. The molecule has 0 aliphatic rings. The van der Waals surface area contributed by atoms with Crippen LogP contribution < -0.4 is 0 Å². The average molecular weight is 342 g/mol. The van der Waals surface area contributed by atoms with E-state index in [4.69, 9.17) is 0 Å². The largest absolute Gasteiger partial charge is 0.349 e. The maximum absolute atomic E-state index is 4.59. The van der Waals surface area contributed by atoms with Crippen molar-refractivity contribution in [2.45, 2.75) is 13.8 Å². The Balaban J connectivity index is 0. The zero-order valence-corrected chi connectivity index (χ0v) is 13.9. The van der Waals surface area contributed by atoms with Crippen LogP contribution in [-0.2, 0) is 0 Å². The molecule has 0 aromatic heterocycles. The predicted octanol–water partition coefficient (Wildman–Crippen LogP) is 1.43. The predicted molar refractivity (Wildman–Crippen MR) is 82.9 cm³/mol. The van der Waals surface area contributed by atoms with E-state index < -0.39 is 0 Å². The lowest BCUT2D eigenvalue weighted by molar-refractivity contribution is 0.311. The van der Waals surface area contributed by atoms with Gasteiger partial charge in [-0.05, 0) is 13.1 Å². The van der Waals surface area contributed by atoms with E-state index in [-0.39, 0.29) is 24.0 Å². The Kier molecular flexibility index (Phi) is 11.6. The van der Waals surface area contributed by atoms with Crippen LogP contribution in [0.4, 0.5) is 0 Å². The number of rotatable bonds is 5. The first-order chi connectivity index (χ1) is 7.02. The second kappa shape index (κ2) is 10.1. The fourth-order valence-electron chi connectivity index (χ4n) is 1.51. The Labute approximate surface area is 118 Å². The molecular weight excluding hydrogens is 315 g/mol. The maximum atomic E-state index is 4.59. The standard InChI is InChI=1S/C11H26N4.HI/c1-7-15(8-2)10-9-12-11(13(3)4)14(5)6;/h7-10H2,1-6H3;1H. The minimum absolute atomic E-state index is 0. The first kappa shape index (κ1) is 18.3. The van der Waals surface area contributed by atoms with E-state index in [0.717, 1.165) is 32.1 Å². The molecule has 0 N–H and O–H groups in total. The zero-order chi connectivity index (χ0) is 11.8. The van der Waals surface area contributed by atoms with E-state index in [1.807, 2.05) is 38.0 Å². The first-order valence-electron chi connectivity index (χ1n) is 5.64. The number of likely N-dealkylation sites (N-methyl/N-ethyl adjacent to an activating group) is 1. The molecular formula is C11H27IN4. The van der Waals surface area contributed by atoms with Gasteiger partial charge in [0.15, 0.2) is 5.96 Å². The van der Waals surface area contributed by atoms with Gasteiger partial charge in [-0.2, -0.15) is 0 Å². The Morgan fingerprint density at radius 3 is 1.69 bits per heavy atom. The highest BCUT2D eigenvalue weighted by molar-refractivity contribution is 14.0. The topological polar surface area (TPSA) is 22.1 Å². The van der Waals surface area contributed by atoms with Crippen molar-refractivity contribution in [1.29, 1.82) is 0 Å². The lowest BCUT2D eigenvalue weighted by Crippen LogP contribution is -2.36. The number of halogens is 1. The summed E-state index contributed by atoms with van der Waals surface area (Å²) in [6.07, 6.45) is 0. The van der Waals surface area contributed by atoms with Crippen LogP contribution in [0.25, 0.3) is 0 Å². The summed E-state index contributed by atoms with van der Waals surface area (Å²) in [5.74, 6) is 1.03. The molecule has 0 rings (SSSR count). The number of nitrogens with zero attached hydrogens (tertiary/aromatic N) is 4. The van der Waals surface area contributed by atoms with Crippen molar-refractivity contribution in [2.24, 2.45) is 4.99 Å². The van der Waals surface area contributed by atoms with Gasteiger partial charge in [-0.1, -0.05) is 13.8 Å². The SMILES string of the molecule is CCN(CC)CCN=C(N(C)C)N(C)C.I. The van der Waals surface area contributed by atoms with Crippen LogP contribution >= 0.6 is 24.0 Å². The summed E-state index contributed by atoms with van der Waals surface area (Å²) in [4.78, 5) is 11.1. The lowest BCUT2D eigenvalue weighted by Gasteiger charge is -2.23. The molecule has 0 spiro atoms. The third kappa shape index (κ3) is 7.27. The molecule has 98 valence electrons. The van der Waals surface area contributed by atoms with Gasteiger partial charge in [-0.3, -0.25) is 4.99 Å². The van der Waals surface area contributed by atoms with E-state index in [2.05, 4.69) is 23.7 Å². The summed E-state index contributed by atoms with van der Waals surface area (Å²) >= 11 is 0. The molecule has 0 saturated carbocycles. The van der Waals surface area contributed by atoms with Gasteiger partial charge >= 0.3 is 0 Å². The smallest absolute Gasteiger partial charge is 0.195 e. The Bertz CT molecular complexity index is 178. The second-order valence-corrected chi connectivity index (χ2v) is 4.00. The highest BCUT2D eigenvalue weighted by Gasteiger charge is 2.04. The molecule has 16 heavy (non-hydrogen) atoms. The Morgan fingerprint density at radius 2 is 1.38 bits per heavy atom. The van der Waals surface area contributed by atoms with Crippen molar-refractivity contribution in [3.63, 3.8) is 0 Å². The van der Waals surface area contributed by atoms with E-state index in [9.17, 15) is 0 Å². The first-order valence-corrected chi connectivity index (χ1v) is 5.64. The molecule has 0 atom stereocenters. The van der Waals surface area contributed by atoms with Crippen molar-refractivity contribution in [1.82, 2.24) is 14.7 Å². The van der Waals surface area contributed by atoms with Crippen LogP contribution in [0.1, 0.15) is 13.8 Å². The molecule has 4 nitrogen and oxygen atoms in total. The van der Waals surface area contributed by atoms with E-state index in [1.165, 1.54) is 0 Å². The van der Waals surface area contributed by atoms with Gasteiger partial charge in [0.1, 0.15) is 0 Å². The fourth-order valence-corrected chi connectivity index (χ4v) is 1.51. The number of hydrogen-bond donors (Lipinski definition) is 0. The van der Waals surface area contributed by atoms with Crippen molar-refractivity contribution in [3.05, 3.63) is 0 Å².